The van der Waals surface area contributed by atoms with Crippen LogP contribution < -0.4 is 0 Å². The Morgan fingerprint density at radius 3 is 2.25 bits per heavy atom. The molecule has 2 bridgehead atoms. The fourth-order valence-corrected chi connectivity index (χ4v) is 3.51. The number of hydrogen-bond acceptors (Lipinski definition) is 3. The van der Waals surface area contributed by atoms with Gasteiger partial charge in [0.1, 0.15) is 0 Å². The lowest BCUT2D eigenvalue weighted by molar-refractivity contribution is 0.131. The first-order valence-corrected chi connectivity index (χ1v) is 5.80. The van der Waals surface area contributed by atoms with E-state index in [1.54, 1.807) is 0 Å². The molecule has 3 fully saturated rings. The van der Waals surface area contributed by atoms with E-state index in [1.807, 2.05) is 11.8 Å². The molecule has 3 rings (SSSR count). The average molecular weight is 187 g/mol. The zero-order valence-electron chi connectivity index (χ0n) is 7.46. The molecule has 3 heterocycles. The van der Waals surface area contributed by atoms with Gasteiger partial charge >= 0.3 is 0 Å². The van der Waals surface area contributed by atoms with Crippen molar-refractivity contribution >= 4 is 11.8 Å². The summed E-state index contributed by atoms with van der Waals surface area (Å²) in [5.74, 6) is 0.931. The van der Waals surface area contributed by atoms with Gasteiger partial charge in [-0.05, 0) is 38.9 Å². The largest absolute Gasteiger partial charge is 0.396 e. The minimum Gasteiger partial charge on any atom is -0.396 e. The maximum atomic E-state index is 8.79. The van der Waals surface area contributed by atoms with E-state index in [0.717, 1.165) is 5.75 Å². The molecule has 3 heteroatoms. The Morgan fingerprint density at radius 1 is 1.17 bits per heavy atom. The van der Waals surface area contributed by atoms with Crippen LogP contribution in [0, 0.1) is 0 Å². The van der Waals surface area contributed by atoms with E-state index in [4.69, 9.17) is 5.11 Å². The molecule has 1 N–H and O–H groups in total. The van der Waals surface area contributed by atoms with Crippen molar-refractivity contribution in [2.24, 2.45) is 0 Å². The molecule has 0 radical (unpaired) electrons. The number of rotatable bonds is 3. The minimum atomic E-state index is 0.343. The summed E-state index contributed by atoms with van der Waals surface area (Å²) in [7, 11) is 0. The van der Waals surface area contributed by atoms with Crippen molar-refractivity contribution in [2.45, 2.75) is 24.0 Å². The third-order valence-corrected chi connectivity index (χ3v) is 4.76. The summed E-state index contributed by atoms with van der Waals surface area (Å²) in [6, 6.07) is 0. The number of aliphatic hydroxyl groups excluding tert-OH is 1. The molecule has 12 heavy (non-hydrogen) atoms. The van der Waals surface area contributed by atoms with E-state index in [0.29, 0.717) is 11.4 Å². The summed E-state index contributed by atoms with van der Waals surface area (Å²) in [4.78, 5) is 2.56. The third kappa shape index (κ3) is 1.63. The van der Waals surface area contributed by atoms with Crippen LogP contribution in [-0.2, 0) is 0 Å². The molecule has 0 aromatic rings. The van der Waals surface area contributed by atoms with Crippen LogP contribution in [-0.4, -0.2) is 46.7 Å². The molecule has 70 valence electrons. The van der Waals surface area contributed by atoms with Crippen molar-refractivity contribution in [3.63, 3.8) is 0 Å². The van der Waals surface area contributed by atoms with Gasteiger partial charge in [-0.1, -0.05) is 0 Å². The Labute approximate surface area is 78.3 Å². The zero-order valence-corrected chi connectivity index (χ0v) is 8.28. The van der Waals surface area contributed by atoms with Crippen LogP contribution in [0.1, 0.15) is 19.3 Å². The molecule has 0 amide bonds. The third-order valence-electron chi connectivity index (χ3n) is 3.15. The zero-order chi connectivity index (χ0) is 8.44. The molecule has 0 spiro atoms. The molecule has 0 aromatic heterocycles. The summed E-state index contributed by atoms with van der Waals surface area (Å²) in [6.45, 7) is 4.21. The SMILES string of the molecule is OCCSC12CCN(CC1)CC2. The highest BCUT2D eigenvalue weighted by molar-refractivity contribution is 8.00. The van der Waals surface area contributed by atoms with E-state index in [2.05, 4.69) is 4.90 Å². The van der Waals surface area contributed by atoms with Crippen LogP contribution >= 0.6 is 11.8 Å². The molecule has 3 aliphatic heterocycles. The lowest BCUT2D eigenvalue weighted by Gasteiger charge is -2.48. The van der Waals surface area contributed by atoms with Crippen LogP contribution in [0.5, 0.6) is 0 Å². The second kappa shape index (κ2) is 3.56. The topological polar surface area (TPSA) is 23.5 Å². The summed E-state index contributed by atoms with van der Waals surface area (Å²) in [5.41, 5.74) is 0. The molecule has 3 saturated heterocycles. The molecular formula is C9H17NOS. The summed E-state index contributed by atoms with van der Waals surface area (Å²) < 4.78 is 0.553. The van der Waals surface area contributed by atoms with Crippen molar-refractivity contribution in [3.8, 4) is 0 Å². The quantitative estimate of drug-likeness (QED) is 0.711. The first kappa shape index (κ1) is 8.85. The number of aliphatic hydroxyl groups is 1. The standard InChI is InChI=1S/C9H17NOS/c11-7-8-12-9-1-4-10(5-2-9)6-3-9/h11H,1-8H2. The van der Waals surface area contributed by atoms with Crippen molar-refractivity contribution < 1.29 is 5.11 Å². The van der Waals surface area contributed by atoms with Gasteiger partial charge in [0.05, 0.1) is 6.61 Å². The summed E-state index contributed by atoms with van der Waals surface area (Å²) in [5, 5.41) is 8.79. The van der Waals surface area contributed by atoms with Gasteiger partial charge < -0.3 is 10.0 Å². The smallest absolute Gasteiger partial charge is 0.0521 e. The Kier molecular flexibility index (Phi) is 2.63. The lowest BCUT2D eigenvalue weighted by Crippen LogP contribution is -2.50. The van der Waals surface area contributed by atoms with Gasteiger partial charge in [0.2, 0.25) is 0 Å². The molecular weight excluding hydrogens is 170 g/mol. The first-order chi connectivity index (χ1) is 5.85. The molecule has 2 nitrogen and oxygen atoms in total. The van der Waals surface area contributed by atoms with Crippen molar-refractivity contribution in [1.29, 1.82) is 0 Å². The maximum absolute atomic E-state index is 8.79. The van der Waals surface area contributed by atoms with Gasteiger partial charge in [-0.3, -0.25) is 0 Å². The number of hydrogen-bond donors (Lipinski definition) is 1. The van der Waals surface area contributed by atoms with E-state index >= 15 is 0 Å². The second-order valence-corrected chi connectivity index (χ2v) is 5.41. The fraction of sp³-hybridized carbons (Fsp3) is 1.00. The molecule has 0 saturated carbocycles. The Bertz CT molecular complexity index is 141. The lowest BCUT2D eigenvalue weighted by atomic mass is 9.87. The van der Waals surface area contributed by atoms with E-state index in [9.17, 15) is 0 Å². The van der Waals surface area contributed by atoms with E-state index < -0.39 is 0 Å². The first-order valence-electron chi connectivity index (χ1n) is 4.82. The van der Waals surface area contributed by atoms with Gasteiger partial charge in [0, 0.05) is 10.5 Å². The second-order valence-electron chi connectivity index (χ2n) is 3.85. The highest BCUT2D eigenvalue weighted by Crippen LogP contribution is 2.42. The minimum absolute atomic E-state index is 0.343. The summed E-state index contributed by atoms with van der Waals surface area (Å²) in [6.07, 6.45) is 4.03. The number of fused-ring (bicyclic) bond motifs is 3. The summed E-state index contributed by atoms with van der Waals surface area (Å²) >= 11 is 2.01. The van der Waals surface area contributed by atoms with Crippen LogP contribution in [0.2, 0.25) is 0 Å². The molecule has 3 aliphatic rings. The molecule has 0 unspecified atom stereocenters. The number of nitrogens with zero attached hydrogens (tertiary/aromatic N) is 1. The highest BCUT2D eigenvalue weighted by Gasteiger charge is 2.39. The Morgan fingerprint density at radius 2 is 1.75 bits per heavy atom. The van der Waals surface area contributed by atoms with Gasteiger partial charge in [-0.2, -0.15) is 11.8 Å². The van der Waals surface area contributed by atoms with Crippen molar-refractivity contribution in [1.82, 2.24) is 4.90 Å². The van der Waals surface area contributed by atoms with Gasteiger partial charge in [0.25, 0.3) is 0 Å². The Hall–Kier alpha value is 0.270. The van der Waals surface area contributed by atoms with E-state index in [1.165, 1.54) is 38.9 Å². The predicted octanol–water partition coefficient (Wildman–Crippen LogP) is 0.950. The van der Waals surface area contributed by atoms with Gasteiger partial charge in [-0.25, -0.2) is 0 Å². The van der Waals surface area contributed by atoms with Gasteiger partial charge in [-0.15, -0.1) is 0 Å². The molecule has 0 aromatic carbocycles. The number of thioether (sulfide) groups is 1. The van der Waals surface area contributed by atoms with Crippen LogP contribution in [0.15, 0.2) is 0 Å². The maximum Gasteiger partial charge on any atom is 0.0521 e. The molecule has 0 aliphatic carbocycles. The number of piperidine rings is 3. The van der Waals surface area contributed by atoms with Crippen molar-refractivity contribution in [3.05, 3.63) is 0 Å². The van der Waals surface area contributed by atoms with Crippen molar-refractivity contribution in [2.75, 3.05) is 32.0 Å². The average Bonchev–Trinajstić information content (AvgIpc) is 2.18. The van der Waals surface area contributed by atoms with Crippen LogP contribution in [0.25, 0.3) is 0 Å². The monoisotopic (exact) mass is 187 g/mol. The van der Waals surface area contributed by atoms with Gasteiger partial charge in [0.15, 0.2) is 0 Å². The fourth-order valence-electron chi connectivity index (χ4n) is 2.27. The normalized spacial score (nSPS) is 40.2. The Balaban J connectivity index is 1.90. The van der Waals surface area contributed by atoms with E-state index in [-0.39, 0.29) is 0 Å². The van der Waals surface area contributed by atoms with Crippen LogP contribution in [0.3, 0.4) is 0 Å². The predicted molar refractivity (Wildman–Crippen MR) is 52.6 cm³/mol. The van der Waals surface area contributed by atoms with Crippen LogP contribution in [0.4, 0.5) is 0 Å². The highest BCUT2D eigenvalue weighted by atomic mass is 32.2. The molecule has 0 atom stereocenters.